The Bertz CT molecular complexity index is 2140. The fourth-order valence-corrected chi connectivity index (χ4v) is 8.10. The number of imide groups is 1. The van der Waals surface area contributed by atoms with Gasteiger partial charge in [-0.05, 0) is 85.9 Å². The first kappa shape index (κ1) is 38.9. The number of amides is 4. The van der Waals surface area contributed by atoms with E-state index >= 15 is 0 Å². The normalized spacial score (nSPS) is 17.4. The number of hydrogen-bond donors (Lipinski definition) is 1. The number of piperidine rings is 2. The van der Waals surface area contributed by atoms with Gasteiger partial charge in [0.25, 0.3) is 11.5 Å². The lowest BCUT2D eigenvalue weighted by molar-refractivity contribution is -0.120. The predicted molar refractivity (Wildman–Crippen MR) is 212 cm³/mol. The second-order valence-corrected chi connectivity index (χ2v) is 14.7. The Morgan fingerprint density at radius 1 is 0.911 bits per heavy atom. The van der Waals surface area contributed by atoms with E-state index in [2.05, 4.69) is 15.2 Å². The van der Waals surface area contributed by atoms with Gasteiger partial charge in [-0.2, -0.15) is 0 Å². The van der Waals surface area contributed by atoms with Crippen LogP contribution in [0.25, 0.3) is 21.9 Å². The minimum Gasteiger partial charge on any atom is -0.496 e. The summed E-state index contributed by atoms with van der Waals surface area (Å²) in [6.45, 7) is 6.39. The molecule has 7 rings (SSSR count). The largest absolute Gasteiger partial charge is 0.496 e. The standard InChI is InChI=1S/C42H49FN6O7.H2/c1-4-15-48-26-34(31-7-14-44-25-33(31)41(48)52)28-23-37(54-2)32(38(24-28)55-3)12-18-46-16-8-29(9-17-46)56-30-10-19-47(20-11-30)40(51)27-5-6-35(43)36(22-27)49-21-13-39(50)45-42(49)53;/h5-7,14,22-26,29-30H,4,8-13,15-21H2,1-3H3,(H,45,50,53);1H. The van der Waals surface area contributed by atoms with Gasteiger partial charge in [0.1, 0.15) is 17.3 Å². The van der Waals surface area contributed by atoms with E-state index in [9.17, 15) is 23.6 Å². The van der Waals surface area contributed by atoms with Crippen LogP contribution in [-0.4, -0.2) is 103 Å². The van der Waals surface area contributed by atoms with E-state index in [1.54, 1.807) is 36.1 Å². The summed E-state index contributed by atoms with van der Waals surface area (Å²) in [5, 5.41) is 3.61. The molecule has 0 aliphatic carbocycles. The third-order valence-electron chi connectivity index (χ3n) is 11.1. The van der Waals surface area contributed by atoms with E-state index in [0.717, 1.165) is 83.8 Å². The molecule has 14 heteroatoms. The zero-order valence-electron chi connectivity index (χ0n) is 32.2. The van der Waals surface area contributed by atoms with Gasteiger partial charge in [0.15, 0.2) is 0 Å². The molecule has 2 aromatic heterocycles. The summed E-state index contributed by atoms with van der Waals surface area (Å²) in [4.78, 5) is 59.9. The van der Waals surface area contributed by atoms with E-state index in [1.165, 1.54) is 18.2 Å². The number of urea groups is 1. The van der Waals surface area contributed by atoms with Gasteiger partial charge in [0.2, 0.25) is 5.91 Å². The molecule has 0 radical (unpaired) electrons. The second-order valence-electron chi connectivity index (χ2n) is 14.7. The van der Waals surface area contributed by atoms with Crippen LogP contribution >= 0.6 is 0 Å². The smallest absolute Gasteiger partial charge is 0.328 e. The van der Waals surface area contributed by atoms with E-state index in [0.29, 0.717) is 43.4 Å². The molecule has 13 nitrogen and oxygen atoms in total. The van der Waals surface area contributed by atoms with Gasteiger partial charge in [0, 0.05) is 88.9 Å². The third-order valence-corrected chi connectivity index (χ3v) is 11.1. The molecule has 0 saturated carbocycles. The average molecular weight is 771 g/mol. The Kier molecular flexibility index (Phi) is 12.0. The van der Waals surface area contributed by atoms with Crippen molar-refractivity contribution in [3.8, 4) is 22.6 Å². The Labute approximate surface area is 326 Å². The minimum atomic E-state index is -0.697. The molecule has 0 atom stereocenters. The third kappa shape index (κ3) is 8.26. The number of halogens is 1. The Morgan fingerprint density at radius 3 is 2.27 bits per heavy atom. The number of likely N-dealkylation sites (tertiary alicyclic amines) is 2. The molecule has 3 aliphatic rings. The maximum Gasteiger partial charge on any atom is 0.328 e. The van der Waals surface area contributed by atoms with Crippen molar-refractivity contribution >= 4 is 34.3 Å². The molecule has 0 bridgehead atoms. The van der Waals surface area contributed by atoms with Crippen molar-refractivity contribution in [2.45, 2.75) is 70.6 Å². The molecule has 3 saturated heterocycles. The first-order chi connectivity index (χ1) is 27.2. The molecular formula is C42H51FN6O7. The van der Waals surface area contributed by atoms with Crippen LogP contribution in [0.2, 0.25) is 0 Å². The van der Waals surface area contributed by atoms with Gasteiger partial charge in [-0.15, -0.1) is 0 Å². The minimum absolute atomic E-state index is 0. The highest BCUT2D eigenvalue weighted by Crippen LogP contribution is 2.38. The van der Waals surface area contributed by atoms with Crippen molar-refractivity contribution in [3.63, 3.8) is 0 Å². The van der Waals surface area contributed by atoms with Crippen molar-refractivity contribution in [3.05, 3.63) is 82.3 Å². The number of carbonyl (C=O) groups is 3. The fraction of sp³-hybridized carbons (Fsp3) is 0.452. The summed E-state index contributed by atoms with van der Waals surface area (Å²) >= 11 is 0. The molecule has 1 N–H and O–H groups in total. The van der Waals surface area contributed by atoms with E-state index in [4.69, 9.17) is 14.2 Å². The average Bonchev–Trinajstić information content (AvgIpc) is 3.22. The van der Waals surface area contributed by atoms with Crippen LogP contribution in [0.1, 0.15) is 62.8 Å². The lowest BCUT2D eigenvalue weighted by atomic mass is 9.97. The first-order valence-corrected chi connectivity index (χ1v) is 19.5. The highest BCUT2D eigenvalue weighted by molar-refractivity contribution is 6.06. The topological polar surface area (TPSA) is 136 Å². The predicted octanol–water partition coefficient (Wildman–Crippen LogP) is 5.65. The zero-order valence-corrected chi connectivity index (χ0v) is 32.2. The van der Waals surface area contributed by atoms with E-state index in [-0.39, 0.29) is 43.8 Å². The number of aromatic nitrogens is 2. The molecule has 4 amide bonds. The van der Waals surface area contributed by atoms with Gasteiger partial charge in [-0.1, -0.05) is 6.92 Å². The van der Waals surface area contributed by atoms with Crippen LogP contribution in [0.4, 0.5) is 14.9 Å². The number of ether oxygens (including phenoxy) is 3. The molecule has 2 aromatic carbocycles. The first-order valence-electron chi connectivity index (χ1n) is 19.5. The number of nitrogens with zero attached hydrogens (tertiary/aromatic N) is 5. The lowest BCUT2D eigenvalue weighted by Crippen LogP contribution is -2.50. The van der Waals surface area contributed by atoms with Crippen molar-refractivity contribution in [1.82, 2.24) is 24.7 Å². The number of nitrogens with one attached hydrogen (secondary N) is 1. The highest BCUT2D eigenvalue weighted by Gasteiger charge is 2.31. The molecule has 5 heterocycles. The Morgan fingerprint density at radius 2 is 1.61 bits per heavy atom. The van der Waals surface area contributed by atoms with Gasteiger partial charge in [-0.3, -0.25) is 29.6 Å². The summed E-state index contributed by atoms with van der Waals surface area (Å²) in [6.07, 6.45) is 10.3. The van der Waals surface area contributed by atoms with Crippen LogP contribution in [-0.2, 0) is 22.5 Å². The summed E-state index contributed by atoms with van der Waals surface area (Å²) in [5.74, 6) is 0.219. The SMILES string of the molecule is CCCn1cc(-c2cc(OC)c(CCN3CCC(OC4CCN(C(=O)c5ccc(F)c(N6CCC(=O)NC6=O)c5)CC4)CC3)c(OC)c2)c2ccncc2c1=O.[HH]. The Balaban J connectivity index is 0.00000549. The molecule has 4 aromatic rings. The van der Waals surface area contributed by atoms with E-state index < -0.39 is 17.8 Å². The van der Waals surface area contributed by atoms with Crippen molar-refractivity contribution in [1.29, 1.82) is 0 Å². The van der Waals surface area contributed by atoms with Crippen molar-refractivity contribution in [2.24, 2.45) is 0 Å². The number of pyridine rings is 2. The monoisotopic (exact) mass is 770 g/mol. The van der Waals surface area contributed by atoms with Gasteiger partial charge < -0.3 is 28.6 Å². The number of aryl methyl sites for hydroxylation is 1. The highest BCUT2D eigenvalue weighted by atomic mass is 19.1. The van der Waals surface area contributed by atoms with Crippen LogP contribution < -0.4 is 25.2 Å². The molecule has 3 fully saturated rings. The summed E-state index contributed by atoms with van der Waals surface area (Å²) in [5.41, 5.74) is 3.06. The van der Waals surface area contributed by atoms with Crippen LogP contribution in [0, 0.1) is 5.82 Å². The summed E-state index contributed by atoms with van der Waals surface area (Å²) in [6, 6.07) is 9.26. The number of benzene rings is 2. The molecular weight excluding hydrogens is 719 g/mol. The van der Waals surface area contributed by atoms with Gasteiger partial charge >= 0.3 is 6.03 Å². The molecule has 3 aliphatic heterocycles. The second kappa shape index (κ2) is 17.2. The van der Waals surface area contributed by atoms with Gasteiger partial charge in [-0.25, -0.2) is 9.18 Å². The summed E-state index contributed by atoms with van der Waals surface area (Å²) < 4.78 is 34.8. The van der Waals surface area contributed by atoms with Crippen molar-refractivity contribution in [2.75, 3.05) is 58.4 Å². The fourth-order valence-electron chi connectivity index (χ4n) is 8.10. The van der Waals surface area contributed by atoms with Crippen LogP contribution in [0.5, 0.6) is 11.5 Å². The summed E-state index contributed by atoms with van der Waals surface area (Å²) in [7, 11) is 3.35. The maximum absolute atomic E-state index is 14.7. The molecule has 0 spiro atoms. The maximum atomic E-state index is 14.7. The Hall–Kier alpha value is -5.34. The number of rotatable bonds is 12. The number of hydrogen-bond acceptors (Lipinski definition) is 9. The number of carbonyl (C=O) groups excluding carboxylic acids is 3. The van der Waals surface area contributed by atoms with Crippen LogP contribution in [0.15, 0.2) is 59.8 Å². The molecule has 0 unspecified atom stereocenters. The molecule has 298 valence electrons. The van der Waals surface area contributed by atoms with Crippen LogP contribution in [0.3, 0.4) is 0 Å². The quantitative estimate of drug-likeness (QED) is 0.194. The van der Waals surface area contributed by atoms with Crippen molar-refractivity contribution < 1.29 is 34.4 Å². The van der Waals surface area contributed by atoms with Gasteiger partial charge in [0.05, 0.1) is 37.5 Å². The number of methoxy groups -OCH3 is 2. The molecule has 56 heavy (non-hydrogen) atoms. The number of anilines is 1. The zero-order chi connectivity index (χ0) is 39.3. The lowest BCUT2D eigenvalue weighted by Gasteiger charge is -2.37. The number of fused-ring (bicyclic) bond motifs is 1. The van der Waals surface area contributed by atoms with E-state index in [1.807, 2.05) is 31.3 Å².